The van der Waals surface area contributed by atoms with E-state index in [1.165, 1.54) is 18.4 Å². The molecule has 0 saturated carbocycles. The second-order valence-electron chi connectivity index (χ2n) is 7.21. The molecule has 0 radical (unpaired) electrons. The zero-order valence-corrected chi connectivity index (χ0v) is 19.0. The van der Waals surface area contributed by atoms with Crippen molar-refractivity contribution in [3.8, 4) is 17.0 Å². The van der Waals surface area contributed by atoms with E-state index < -0.39 is 5.97 Å². The van der Waals surface area contributed by atoms with Crippen molar-refractivity contribution in [2.75, 3.05) is 19.5 Å². The number of ether oxygens (including phenoxy) is 2. The number of benzene rings is 2. The molecule has 2 aromatic heterocycles. The highest BCUT2D eigenvalue weighted by Crippen LogP contribution is 2.35. The molecule has 0 aliphatic heterocycles. The number of anilines is 1. The third-order valence-corrected chi connectivity index (χ3v) is 6.47. The van der Waals surface area contributed by atoms with Gasteiger partial charge in [0.05, 0.1) is 36.6 Å². The number of rotatable bonds is 5. The number of hydrogen-bond donors (Lipinski definition) is 1. The zero-order valence-electron chi connectivity index (χ0n) is 18.2. The highest BCUT2D eigenvalue weighted by molar-refractivity contribution is 7.16. The molecule has 32 heavy (non-hydrogen) atoms. The van der Waals surface area contributed by atoms with Crippen LogP contribution in [0.5, 0.6) is 5.75 Å². The first-order valence-electron chi connectivity index (χ1n) is 9.97. The van der Waals surface area contributed by atoms with E-state index >= 15 is 0 Å². The summed E-state index contributed by atoms with van der Waals surface area (Å²) >= 11 is 1.35. The summed E-state index contributed by atoms with van der Waals surface area (Å²) in [6.07, 6.45) is 0. The summed E-state index contributed by atoms with van der Waals surface area (Å²) in [5.74, 6) is -0.137. The number of esters is 1. The minimum absolute atomic E-state index is 0.328. The predicted molar refractivity (Wildman–Crippen MR) is 127 cm³/mol. The maximum Gasteiger partial charge on any atom is 0.341 e. The fourth-order valence-corrected chi connectivity index (χ4v) is 4.63. The minimum Gasteiger partial charge on any atom is -0.496 e. The van der Waals surface area contributed by atoms with E-state index in [2.05, 4.69) is 5.32 Å². The highest BCUT2D eigenvalue weighted by atomic mass is 32.1. The number of nitrogens with zero attached hydrogens (tertiary/aromatic N) is 1. The Morgan fingerprint density at radius 1 is 1.00 bits per heavy atom. The Hall–Kier alpha value is -3.71. The summed E-state index contributed by atoms with van der Waals surface area (Å²) in [6.45, 7) is 3.75. The SMILES string of the molecule is COC(=O)c1c(NC(=O)c2cc(-c3ccccc3OC)nc3ccccc23)sc(C)c1C. The monoisotopic (exact) mass is 446 g/mol. The molecule has 0 aliphatic rings. The van der Waals surface area contributed by atoms with Crippen molar-refractivity contribution in [3.05, 3.63) is 76.2 Å². The van der Waals surface area contributed by atoms with E-state index in [0.717, 1.165) is 16.0 Å². The number of amides is 1. The Kier molecular flexibility index (Phi) is 5.92. The smallest absolute Gasteiger partial charge is 0.341 e. The van der Waals surface area contributed by atoms with Crippen LogP contribution in [0.25, 0.3) is 22.2 Å². The maximum absolute atomic E-state index is 13.4. The number of fused-ring (bicyclic) bond motifs is 1. The molecule has 7 heteroatoms. The van der Waals surface area contributed by atoms with E-state index in [4.69, 9.17) is 14.5 Å². The number of hydrogen-bond acceptors (Lipinski definition) is 6. The van der Waals surface area contributed by atoms with Crippen molar-refractivity contribution < 1.29 is 19.1 Å². The molecular weight excluding hydrogens is 424 g/mol. The standard InChI is InChI=1S/C25H22N2O4S/c1-14-15(2)32-24(22(14)25(29)31-4)27-23(28)18-13-20(17-10-6-8-12-21(17)30-3)26-19-11-7-5-9-16(18)19/h5-13H,1-4H3,(H,27,28). The van der Waals surface area contributed by atoms with Crippen molar-refractivity contribution >= 4 is 39.1 Å². The van der Waals surface area contributed by atoms with E-state index in [-0.39, 0.29) is 5.91 Å². The van der Waals surface area contributed by atoms with Crippen LogP contribution in [0.15, 0.2) is 54.6 Å². The second-order valence-corrected chi connectivity index (χ2v) is 8.43. The van der Waals surface area contributed by atoms with Crippen LogP contribution in [0.1, 0.15) is 31.2 Å². The average Bonchev–Trinajstić information content (AvgIpc) is 3.10. The topological polar surface area (TPSA) is 77.5 Å². The molecule has 0 unspecified atom stereocenters. The lowest BCUT2D eigenvalue weighted by atomic mass is 10.0. The van der Waals surface area contributed by atoms with Gasteiger partial charge in [-0.1, -0.05) is 30.3 Å². The van der Waals surface area contributed by atoms with E-state index in [1.807, 2.05) is 62.4 Å². The maximum atomic E-state index is 13.4. The summed E-state index contributed by atoms with van der Waals surface area (Å²) in [7, 11) is 2.93. The first-order chi connectivity index (χ1) is 15.4. The molecule has 1 N–H and O–H groups in total. The minimum atomic E-state index is -0.476. The lowest BCUT2D eigenvalue weighted by Gasteiger charge is -2.12. The van der Waals surface area contributed by atoms with Gasteiger partial charge < -0.3 is 14.8 Å². The van der Waals surface area contributed by atoms with Crippen LogP contribution in [0, 0.1) is 13.8 Å². The molecule has 1 amide bonds. The molecule has 0 saturated heterocycles. The van der Waals surface area contributed by atoms with Crippen LogP contribution in [0.4, 0.5) is 5.00 Å². The van der Waals surface area contributed by atoms with Gasteiger partial charge in [-0.2, -0.15) is 0 Å². The number of methoxy groups -OCH3 is 2. The molecule has 0 aliphatic carbocycles. The number of para-hydroxylation sites is 2. The molecular formula is C25H22N2O4S. The summed E-state index contributed by atoms with van der Waals surface area (Å²) in [6, 6.07) is 16.7. The zero-order chi connectivity index (χ0) is 22.8. The molecule has 0 atom stereocenters. The molecule has 0 fully saturated rings. The number of aryl methyl sites for hydroxylation is 1. The summed E-state index contributed by atoms with van der Waals surface area (Å²) in [5, 5.41) is 4.11. The number of aromatic nitrogens is 1. The van der Waals surface area contributed by atoms with Crippen LogP contribution >= 0.6 is 11.3 Å². The number of carbonyl (C=O) groups is 2. The molecule has 2 aromatic carbocycles. The Morgan fingerprint density at radius 3 is 2.47 bits per heavy atom. The van der Waals surface area contributed by atoms with Crippen LogP contribution in [0.2, 0.25) is 0 Å². The van der Waals surface area contributed by atoms with Crippen molar-refractivity contribution in [1.29, 1.82) is 0 Å². The second kappa shape index (κ2) is 8.80. The Morgan fingerprint density at radius 2 is 1.72 bits per heavy atom. The van der Waals surface area contributed by atoms with Crippen LogP contribution in [0.3, 0.4) is 0 Å². The Balaban J connectivity index is 1.84. The van der Waals surface area contributed by atoms with Gasteiger partial charge in [0.15, 0.2) is 0 Å². The van der Waals surface area contributed by atoms with Crippen molar-refractivity contribution in [3.63, 3.8) is 0 Å². The highest BCUT2D eigenvalue weighted by Gasteiger charge is 2.23. The third kappa shape index (κ3) is 3.83. The van der Waals surface area contributed by atoms with Crippen molar-refractivity contribution in [2.45, 2.75) is 13.8 Å². The van der Waals surface area contributed by atoms with E-state index in [9.17, 15) is 9.59 Å². The quantitative estimate of drug-likeness (QED) is 0.402. The molecule has 0 bridgehead atoms. The third-order valence-electron chi connectivity index (χ3n) is 5.35. The van der Waals surface area contributed by atoms with Gasteiger partial charge in [0.2, 0.25) is 0 Å². The average molecular weight is 447 g/mol. The Labute approximate surface area is 189 Å². The van der Waals surface area contributed by atoms with Crippen molar-refractivity contribution in [1.82, 2.24) is 4.98 Å². The van der Waals surface area contributed by atoms with E-state index in [0.29, 0.717) is 38.5 Å². The van der Waals surface area contributed by atoms with E-state index in [1.54, 1.807) is 13.2 Å². The Bertz CT molecular complexity index is 1340. The summed E-state index contributed by atoms with van der Waals surface area (Å²) in [5.41, 5.74) is 3.73. The number of thiophene rings is 1. The van der Waals surface area contributed by atoms with Gasteiger partial charge in [-0.25, -0.2) is 9.78 Å². The number of nitrogens with one attached hydrogen (secondary N) is 1. The van der Waals surface area contributed by atoms with Gasteiger partial charge in [0, 0.05) is 15.8 Å². The molecule has 4 rings (SSSR count). The summed E-state index contributed by atoms with van der Waals surface area (Å²) < 4.78 is 10.4. The van der Waals surface area contributed by atoms with Gasteiger partial charge in [0.1, 0.15) is 10.8 Å². The number of pyridine rings is 1. The number of carbonyl (C=O) groups excluding carboxylic acids is 2. The van der Waals surface area contributed by atoms with Gasteiger partial charge in [-0.3, -0.25) is 4.79 Å². The molecule has 2 heterocycles. The van der Waals surface area contributed by atoms with Crippen LogP contribution < -0.4 is 10.1 Å². The van der Waals surface area contributed by atoms with Gasteiger partial charge in [-0.05, 0) is 43.7 Å². The first-order valence-corrected chi connectivity index (χ1v) is 10.8. The van der Waals surface area contributed by atoms with Crippen LogP contribution in [-0.4, -0.2) is 31.1 Å². The lowest BCUT2D eigenvalue weighted by Crippen LogP contribution is -2.15. The molecule has 6 nitrogen and oxygen atoms in total. The van der Waals surface area contributed by atoms with Gasteiger partial charge in [-0.15, -0.1) is 11.3 Å². The van der Waals surface area contributed by atoms with Gasteiger partial charge >= 0.3 is 5.97 Å². The first kappa shape index (κ1) is 21.5. The fraction of sp³-hybridized carbons (Fsp3) is 0.160. The van der Waals surface area contributed by atoms with Crippen molar-refractivity contribution in [2.24, 2.45) is 0 Å². The molecule has 4 aromatic rings. The van der Waals surface area contributed by atoms with Crippen LogP contribution in [-0.2, 0) is 4.74 Å². The molecule has 0 spiro atoms. The predicted octanol–water partition coefficient (Wildman–Crippen LogP) is 5.63. The largest absolute Gasteiger partial charge is 0.496 e. The fourth-order valence-electron chi connectivity index (χ4n) is 3.59. The lowest BCUT2D eigenvalue weighted by molar-refractivity contribution is 0.0601. The molecule has 162 valence electrons. The summed E-state index contributed by atoms with van der Waals surface area (Å²) in [4.78, 5) is 31.4. The normalized spacial score (nSPS) is 10.8. The van der Waals surface area contributed by atoms with Gasteiger partial charge in [0.25, 0.3) is 5.91 Å².